The molecule has 1 atom stereocenters. The standard InChI is InChI=1S/C27H29FN6O/c1-27(2,3)18-7-4-16(5-8-18)26(35)32-22-9-6-17(14-21(22)28)20-11-13-30-24-23(20)25(34-33-24)31-19-10-12-29-15-19/h4-9,11,13-14,19,29H,10,12,15H2,1-3H3,(H,32,35)(H2,30,31,33,34). The number of H-pyrrole nitrogens is 1. The van der Waals surface area contributed by atoms with Gasteiger partial charge < -0.3 is 16.0 Å². The summed E-state index contributed by atoms with van der Waals surface area (Å²) in [5.74, 6) is -0.159. The Morgan fingerprint density at radius 1 is 1.11 bits per heavy atom. The van der Waals surface area contributed by atoms with Crippen molar-refractivity contribution in [2.24, 2.45) is 0 Å². The highest BCUT2D eigenvalue weighted by molar-refractivity contribution is 6.05. The third-order valence-electron chi connectivity index (χ3n) is 6.40. The molecule has 1 fully saturated rings. The van der Waals surface area contributed by atoms with Gasteiger partial charge in [-0.2, -0.15) is 5.10 Å². The summed E-state index contributed by atoms with van der Waals surface area (Å²) in [6, 6.07) is 14.3. The zero-order valence-electron chi connectivity index (χ0n) is 20.1. The molecule has 0 spiro atoms. The lowest BCUT2D eigenvalue weighted by atomic mass is 9.87. The SMILES string of the molecule is CC(C)(C)c1ccc(C(=O)Nc2ccc(-c3ccnc4[nH]nc(NC5CCNC5)c34)cc2F)cc1. The molecule has 2 aromatic heterocycles. The molecule has 0 saturated carbocycles. The lowest BCUT2D eigenvalue weighted by Crippen LogP contribution is -2.22. The van der Waals surface area contributed by atoms with E-state index in [9.17, 15) is 4.79 Å². The molecule has 8 heteroatoms. The Balaban J connectivity index is 1.39. The lowest BCUT2D eigenvalue weighted by Gasteiger charge is -2.19. The maximum atomic E-state index is 15.1. The van der Waals surface area contributed by atoms with Crippen molar-refractivity contribution >= 4 is 28.4 Å². The topological polar surface area (TPSA) is 94.7 Å². The van der Waals surface area contributed by atoms with Gasteiger partial charge in [0.05, 0.1) is 11.1 Å². The van der Waals surface area contributed by atoms with Crippen molar-refractivity contribution < 1.29 is 9.18 Å². The number of pyridine rings is 1. The summed E-state index contributed by atoms with van der Waals surface area (Å²) in [7, 11) is 0. The summed E-state index contributed by atoms with van der Waals surface area (Å²) >= 11 is 0. The predicted molar refractivity (Wildman–Crippen MR) is 137 cm³/mol. The van der Waals surface area contributed by atoms with Crippen LogP contribution in [0.25, 0.3) is 22.2 Å². The van der Waals surface area contributed by atoms with Crippen LogP contribution in [0.1, 0.15) is 43.1 Å². The highest BCUT2D eigenvalue weighted by Crippen LogP contribution is 2.33. The first-order chi connectivity index (χ1) is 16.8. The maximum Gasteiger partial charge on any atom is 0.255 e. The molecule has 2 aromatic carbocycles. The van der Waals surface area contributed by atoms with Gasteiger partial charge in [-0.15, -0.1) is 0 Å². The van der Waals surface area contributed by atoms with Gasteiger partial charge in [0, 0.05) is 24.3 Å². The molecule has 35 heavy (non-hydrogen) atoms. The second kappa shape index (κ2) is 9.11. The first kappa shape index (κ1) is 23.0. The minimum absolute atomic E-state index is 0.00627. The van der Waals surface area contributed by atoms with Gasteiger partial charge in [0.15, 0.2) is 11.5 Å². The van der Waals surface area contributed by atoms with Gasteiger partial charge in [-0.25, -0.2) is 9.37 Å². The Morgan fingerprint density at radius 3 is 2.60 bits per heavy atom. The number of carbonyl (C=O) groups excluding carboxylic acids is 1. The largest absolute Gasteiger partial charge is 0.364 e. The van der Waals surface area contributed by atoms with Gasteiger partial charge in [-0.05, 0) is 65.4 Å². The Bertz CT molecular complexity index is 1370. The smallest absolute Gasteiger partial charge is 0.255 e. The van der Waals surface area contributed by atoms with Crippen molar-refractivity contribution in [3.63, 3.8) is 0 Å². The average molecular weight is 473 g/mol. The number of anilines is 2. The van der Waals surface area contributed by atoms with Crippen LogP contribution in [-0.2, 0) is 5.41 Å². The number of aromatic amines is 1. The Hall–Kier alpha value is -3.78. The minimum atomic E-state index is -0.509. The monoisotopic (exact) mass is 472 g/mol. The highest BCUT2D eigenvalue weighted by Gasteiger charge is 2.20. The van der Waals surface area contributed by atoms with Crippen LogP contribution in [0.4, 0.5) is 15.9 Å². The fraction of sp³-hybridized carbons (Fsp3) is 0.296. The van der Waals surface area contributed by atoms with E-state index in [0.29, 0.717) is 22.6 Å². The Labute approximate surface area is 203 Å². The normalized spacial score (nSPS) is 15.9. The molecule has 0 radical (unpaired) electrons. The van der Waals surface area contributed by atoms with E-state index in [-0.39, 0.29) is 23.1 Å². The van der Waals surface area contributed by atoms with E-state index in [1.807, 2.05) is 18.2 Å². The van der Waals surface area contributed by atoms with Crippen molar-refractivity contribution in [3.8, 4) is 11.1 Å². The third kappa shape index (κ3) is 4.74. The summed E-state index contributed by atoms with van der Waals surface area (Å²) in [4.78, 5) is 17.1. The van der Waals surface area contributed by atoms with E-state index in [2.05, 4.69) is 51.9 Å². The number of hydrogen-bond acceptors (Lipinski definition) is 5. The van der Waals surface area contributed by atoms with Crippen LogP contribution < -0.4 is 16.0 Å². The third-order valence-corrected chi connectivity index (χ3v) is 6.40. The molecule has 1 saturated heterocycles. The number of benzene rings is 2. The molecule has 1 aliphatic rings. The Kier molecular flexibility index (Phi) is 5.98. The number of hydrogen-bond donors (Lipinski definition) is 4. The molecule has 7 nitrogen and oxygen atoms in total. The second-order valence-electron chi connectivity index (χ2n) is 9.96. The first-order valence-electron chi connectivity index (χ1n) is 11.8. The predicted octanol–water partition coefficient (Wildman–Crippen LogP) is 5.09. The highest BCUT2D eigenvalue weighted by atomic mass is 19.1. The number of fused-ring (bicyclic) bond motifs is 1. The second-order valence-corrected chi connectivity index (χ2v) is 9.96. The molecule has 1 unspecified atom stereocenters. The number of halogens is 1. The first-order valence-corrected chi connectivity index (χ1v) is 11.8. The van der Waals surface area contributed by atoms with E-state index < -0.39 is 5.82 Å². The van der Waals surface area contributed by atoms with Crippen LogP contribution in [0.15, 0.2) is 54.7 Å². The van der Waals surface area contributed by atoms with Crippen LogP contribution in [-0.4, -0.2) is 40.2 Å². The van der Waals surface area contributed by atoms with Crippen molar-refractivity contribution in [2.75, 3.05) is 23.7 Å². The van der Waals surface area contributed by atoms with E-state index in [1.165, 1.54) is 6.07 Å². The number of carbonyl (C=O) groups is 1. The zero-order chi connectivity index (χ0) is 24.6. The maximum absolute atomic E-state index is 15.1. The minimum Gasteiger partial charge on any atom is -0.364 e. The molecule has 4 N–H and O–H groups in total. The lowest BCUT2D eigenvalue weighted by molar-refractivity contribution is 0.102. The molecule has 3 heterocycles. The van der Waals surface area contributed by atoms with Gasteiger partial charge in [0.1, 0.15) is 5.82 Å². The molecule has 0 bridgehead atoms. The number of aromatic nitrogens is 3. The van der Waals surface area contributed by atoms with Gasteiger partial charge >= 0.3 is 0 Å². The van der Waals surface area contributed by atoms with Crippen molar-refractivity contribution in [1.29, 1.82) is 0 Å². The molecule has 180 valence electrons. The zero-order valence-corrected chi connectivity index (χ0v) is 20.1. The van der Waals surface area contributed by atoms with Crippen LogP contribution in [0.3, 0.4) is 0 Å². The fourth-order valence-corrected chi connectivity index (χ4v) is 4.37. The van der Waals surface area contributed by atoms with Crippen LogP contribution in [0, 0.1) is 5.82 Å². The number of nitrogens with zero attached hydrogens (tertiary/aromatic N) is 2. The molecule has 4 aromatic rings. The number of nitrogens with one attached hydrogen (secondary N) is 4. The van der Waals surface area contributed by atoms with Crippen LogP contribution in [0.5, 0.6) is 0 Å². The quantitative estimate of drug-likeness (QED) is 0.325. The van der Waals surface area contributed by atoms with Crippen molar-refractivity contribution in [3.05, 3.63) is 71.7 Å². The summed E-state index contributed by atoms with van der Waals surface area (Å²) < 4.78 is 15.1. The summed E-state index contributed by atoms with van der Waals surface area (Å²) in [5.41, 5.74) is 3.86. The molecule has 5 rings (SSSR count). The van der Waals surface area contributed by atoms with Gasteiger partial charge in [0.25, 0.3) is 5.91 Å². The van der Waals surface area contributed by atoms with Crippen molar-refractivity contribution in [2.45, 2.75) is 38.6 Å². The fourth-order valence-electron chi connectivity index (χ4n) is 4.37. The Morgan fingerprint density at radius 2 is 1.91 bits per heavy atom. The van der Waals surface area contributed by atoms with E-state index >= 15 is 4.39 Å². The summed E-state index contributed by atoms with van der Waals surface area (Å²) in [6.45, 7) is 8.17. The van der Waals surface area contributed by atoms with E-state index in [0.717, 1.165) is 36.0 Å². The number of rotatable bonds is 5. The van der Waals surface area contributed by atoms with Crippen LogP contribution >= 0.6 is 0 Å². The van der Waals surface area contributed by atoms with Gasteiger partial charge in [-0.3, -0.25) is 9.89 Å². The molecule has 1 amide bonds. The molecule has 1 aliphatic heterocycles. The summed E-state index contributed by atoms with van der Waals surface area (Å²) in [6.07, 6.45) is 2.68. The van der Waals surface area contributed by atoms with Crippen LogP contribution in [0.2, 0.25) is 0 Å². The van der Waals surface area contributed by atoms with E-state index in [4.69, 9.17) is 0 Å². The van der Waals surface area contributed by atoms with Gasteiger partial charge in [0.2, 0.25) is 0 Å². The number of amides is 1. The van der Waals surface area contributed by atoms with Gasteiger partial charge in [-0.1, -0.05) is 39.0 Å². The summed E-state index contributed by atoms with van der Waals surface area (Å²) in [5, 5.41) is 17.7. The van der Waals surface area contributed by atoms with E-state index in [1.54, 1.807) is 30.5 Å². The molecular weight excluding hydrogens is 443 g/mol. The van der Waals surface area contributed by atoms with Crippen molar-refractivity contribution in [1.82, 2.24) is 20.5 Å². The average Bonchev–Trinajstić information content (AvgIpc) is 3.50. The molecular formula is C27H29FN6O. The molecule has 0 aliphatic carbocycles.